The van der Waals surface area contributed by atoms with Gasteiger partial charge in [0.2, 0.25) is 5.95 Å². The zero-order valence-electron chi connectivity index (χ0n) is 19.6. The zero-order valence-corrected chi connectivity index (χ0v) is 19.6. The van der Waals surface area contributed by atoms with E-state index in [0.29, 0.717) is 34.4 Å². The second kappa shape index (κ2) is 8.13. The number of rotatable bonds is 5. The number of nitrogens with zero attached hydrogens (tertiary/aromatic N) is 5. The summed E-state index contributed by atoms with van der Waals surface area (Å²) in [5, 5.41) is 13.0. The van der Waals surface area contributed by atoms with E-state index in [4.69, 9.17) is 9.72 Å². The largest absolute Gasteiger partial charge is 0.464 e. The van der Waals surface area contributed by atoms with Crippen LogP contribution in [-0.2, 0) is 11.8 Å². The number of nitriles is 1. The van der Waals surface area contributed by atoms with Crippen molar-refractivity contribution >= 4 is 28.5 Å². The van der Waals surface area contributed by atoms with Crippen molar-refractivity contribution in [1.29, 1.82) is 5.26 Å². The molecule has 3 atom stereocenters. The summed E-state index contributed by atoms with van der Waals surface area (Å²) in [5.41, 5.74) is 2.95. The maximum Gasteiger partial charge on any atom is 0.358 e. The Hall–Kier alpha value is -3.93. The molecule has 9 nitrogen and oxygen atoms in total. The van der Waals surface area contributed by atoms with Crippen molar-refractivity contribution in [3.8, 4) is 6.07 Å². The number of methoxy groups -OCH3 is 1. The SMILES string of the molecule is COC(=O)c1nc(C#N)ccc1NC(C)c1cc(C)cc2c(=O)n(C)c(N3CC4CC4C3)nc12. The Morgan fingerprint density at radius 3 is 2.68 bits per heavy atom. The van der Waals surface area contributed by atoms with E-state index in [1.165, 1.54) is 13.5 Å². The van der Waals surface area contributed by atoms with Gasteiger partial charge in [0.15, 0.2) is 5.69 Å². The van der Waals surface area contributed by atoms with E-state index >= 15 is 0 Å². The Bertz CT molecular complexity index is 1410. The molecule has 34 heavy (non-hydrogen) atoms. The topological polar surface area (TPSA) is 113 Å². The van der Waals surface area contributed by atoms with Crippen molar-refractivity contribution < 1.29 is 9.53 Å². The number of piperidine rings is 1. The fraction of sp³-hybridized carbons (Fsp3) is 0.400. The third kappa shape index (κ3) is 3.65. The molecule has 2 aliphatic rings. The second-order valence-corrected chi connectivity index (χ2v) is 9.25. The molecule has 9 heteroatoms. The molecule has 2 aromatic heterocycles. The minimum atomic E-state index is -0.636. The summed E-state index contributed by atoms with van der Waals surface area (Å²) >= 11 is 0. The number of hydrogen-bond acceptors (Lipinski definition) is 8. The van der Waals surface area contributed by atoms with Gasteiger partial charge in [-0.25, -0.2) is 14.8 Å². The minimum absolute atomic E-state index is 0.0335. The van der Waals surface area contributed by atoms with Gasteiger partial charge < -0.3 is 15.0 Å². The van der Waals surface area contributed by atoms with E-state index in [2.05, 4.69) is 15.2 Å². The maximum absolute atomic E-state index is 13.3. The van der Waals surface area contributed by atoms with Gasteiger partial charge in [-0.3, -0.25) is 9.36 Å². The summed E-state index contributed by atoms with van der Waals surface area (Å²) in [6.45, 7) is 5.76. The highest BCUT2D eigenvalue weighted by Crippen LogP contribution is 2.46. The molecule has 1 saturated carbocycles. The molecule has 1 aliphatic heterocycles. The molecule has 3 unspecified atom stereocenters. The smallest absolute Gasteiger partial charge is 0.358 e. The van der Waals surface area contributed by atoms with Crippen LogP contribution in [0.3, 0.4) is 0 Å². The van der Waals surface area contributed by atoms with Gasteiger partial charge in [0.05, 0.1) is 29.7 Å². The Labute approximate surface area is 197 Å². The molecule has 0 spiro atoms. The predicted molar refractivity (Wildman–Crippen MR) is 128 cm³/mol. The molecule has 3 heterocycles. The number of esters is 1. The van der Waals surface area contributed by atoms with Gasteiger partial charge in [-0.15, -0.1) is 0 Å². The Balaban J connectivity index is 1.58. The van der Waals surface area contributed by atoms with E-state index in [9.17, 15) is 14.9 Å². The molecule has 174 valence electrons. The van der Waals surface area contributed by atoms with Crippen LogP contribution in [0.2, 0.25) is 0 Å². The van der Waals surface area contributed by atoms with Crippen LogP contribution in [0.25, 0.3) is 10.9 Å². The molecule has 3 aromatic rings. The number of aryl methyl sites for hydroxylation is 1. The van der Waals surface area contributed by atoms with Gasteiger partial charge in [-0.05, 0) is 55.9 Å². The highest BCUT2D eigenvalue weighted by molar-refractivity contribution is 5.94. The number of carbonyl (C=O) groups is 1. The number of fused-ring (bicyclic) bond motifs is 2. The molecule has 1 saturated heterocycles. The van der Waals surface area contributed by atoms with E-state index in [-0.39, 0.29) is 23.0 Å². The fourth-order valence-electron chi connectivity index (χ4n) is 4.92. The number of anilines is 2. The number of ether oxygens (including phenoxy) is 1. The number of carbonyl (C=O) groups excluding carboxylic acids is 1. The maximum atomic E-state index is 13.3. The lowest BCUT2D eigenvalue weighted by molar-refractivity contribution is 0.0595. The fourth-order valence-corrected chi connectivity index (χ4v) is 4.92. The van der Waals surface area contributed by atoms with Crippen molar-refractivity contribution in [2.24, 2.45) is 18.9 Å². The molecule has 0 radical (unpaired) electrons. The second-order valence-electron chi connectivity index (χ2n) is 9.25. The van der Waals surface area contributed by atoms with Crippen LogP contribution in [0.4, 0.5) is 11.6 Å². The van der Waals surface area contributed by atoms with Crippen LogP contribution in [0, 0.1) is 30.1 Å². The minimum Gasteiger partial charge on any atom is -0.464 e. The first-order chi connectivity index (χ1) is 16.3. The van der Waals surface area contributed by atoms with Crippen molar-refractivity contribution in [2.75, 3.05) is 30.4 Å². The first kappa shape index (κ1) is 21.9. The molecular weight excluding hydrogens is 432 g/mol. The van der Waals surface area contributed by atoms with Gasteiger partial charge in [-0.2, -0.15) is 5.26 Å². The highest BCUT2D eigenvalue weighted by atomic mass is 16.5. The lowest BCUT2D eigenvalue weighted by Crippen LogP contribution is -2.31. The summed E-state index contributed by atoms with van der Waals surface area (Å²) < 4.78 is 6.50. The Kier molecular flexibility index (Phi) is 5.24. The Morgan fingerprint density at radius 1 is 1.26 bits per heavy atom. The van der Waals surface area contributed by atoms with Crippen LogP contribution in [0.15, 0.2) is 29.1 Å². The van der Waals surface area contributed by atoms with Crippen molar-refractivity contribution in [2.45, 2.75) is 26.3 Å². The van der Waals surface area contributed by atoms with Gasteiger partial charge in [0.25, 0.3) is 5.56 Å². The van der Waals surface area contributed by atoms with Crippen LogP contribution < -0.4 is 15.8 Å². The van der Waals surface area contributed by atoms with Gasteiger partial charge >= 0.3 is 5.97 Å². The molecular formula is C25H26N6O3. The summed E-state index contributed by atoms with van der Waals surface area (Å²) in [7, 11) is 3.05. The van der Waals surface area contributed by atoms with Crippen LogP contribution >= 0.6 is 0 Å². The number of aromatic nitrogens is 3. The van der Waals surface area contributed by atoms with E-state index < -0.39 is 5.97 Å². The summed E-state index contributed by atoms with van der Waals surface area (Å²) in [6, 6.07) is 8.70. The van der Waals surface area contributed by atoms with Crippen LogP contribution in [0.5, 0.6) is 0 Å². The first-order valence-electron chi connectivity index (χ1n) is 11.3. The quantitative estimate of drug-likeness (QED) is 0.581. The van der Waals surface area contributed by atoms with Gasteiger partial charge in [0, 0.05) is 25.7 Å². The van der Waals surface area contributed by atoms with E-state index in [1.54, 1.807) is 23.7 Å². The van der Waals surface area contributed by atoms with Crippen LogP contribution in [-0.4, -0.2) is 40.7 Å². The molecule has 5 rings (SSSR count). The average molecular weight is 459 g/mol. The lowest BCUT2D eigenvalue weighted by Gasteiger charge is -2.24. The molecule has 0 amide bonds. The third-order valence-electron chi connectivity index (χ3n) is 6.82. The number of pyridine rings is 1. The van der Waals surface area contributed by atoms with Crippen LogP contribution in [0.1, 0.15) is 46.7 Å². The molecule has 1 aliphatic carbocycles. The monoisotopic (exact) mass is 458 g/mol. The lowest BCUT2D eigenvalue weighted by atomic mass is 10.0. The number of hydrogen-bond donors (Lipinski definition) is 1. The standard InChI is InChI=1S/C25H26N6O3/c1-13-7-18(14(2)27-20-6-5-17(10-26)28-22(20)24(33)34-4)21-19(8-13)23(32)30(3)25(29-21)31-11-15-9-16(15)12-31/h5-8,14-16,27H,9,11-12H2,1-4H3. The summed E-state index contributed by atoms with van der Waals surface area (Å²) in [5.74, 6) is 1.48. The highest BCUT2D eigenvalue weighted by Gasteiger charge is 2.46. The normalized spacial score (nSPS) is 19.4. The van der Waals surface area contributed by atoms with Crippen molar-refractivity contribution in [3.05, 3.63) is 57.1 Å². The molecule has 2 fully saturated rings. The zero-order chi connectivity index (χ0) is 24.1. The molecule has 0 bridgehead atoms. The van der Waals surface area contributed by atoms with Gasteiger partial charge in [0.1, 0.15) is 11.8 Å². The predicted octanol–water partition coefficient (Wildman–Crippen LogP) is 2.92. The average Bonchev–Trinajstić information content (AvgIpc) is 3.45. The Morgan fingerprint density at radius 2 is 2.00 bits per heavy atom. The van der Waals surface area contributed by atoms with Crippen molar-refractivity contribution in [1.82, 2.24) is 14.5 Å². The third-order valence-corrected chi connectivity index (χ3v) is 6.82. The van der Waals surface area contributed by atoms with E-state index in [1.807, 2.05) is 32.0 Å². The van der Waals surface area contributed by atoms with Crippen molar-refractivity contribution in [3.63, 3.8) is 0 Å². The number of benzene rings is 1. The first-order valence-corrected chi connectivity index (χ1v) is 11.3. The molecule has 1 N–H and O–H groups in total. The van der Waals surface area contributed by atoms with E-state index in [0.717, 1.165) is 24.2 Å². The molecule has 1 aromatic carbocycles. The van der Waals surface area contributed by atoms with Gasteiger partial charge in [-0.1, -0.05) is 6.07 Å². The summed E-state index contributed by atoms with van der Waals surface area (Å²) in [6.07, 6.45) is 1.27. The number of nitrogens with one attached hydrogen (secondary N) is 1. The summed E-state index contributed by atoms with van der Waals surface area (Å²) in [4.78, 5) is 36.9.